The molecule has 2 aromatic heterocycles. The van der Waals surface area contributed by atoms with E-state index in [1.807, 2.05) is 59.7 Å². The first-order valence-electron chi connectivity index (χ1n) is 11.3. The molecule has 0 N–H and O–H groups in total. The number of aromatic nitrogens is 3. The average molecular weight is 485 g/mol. The minimum absolute atomic E-state index is 0.105. The zero-order valence-electron chi connectivity index (χ0n) is 18.7. The van der Waals surface area contributed by atoms with Crippen molar-refractivity contribution in [1.82, 2.24) is 19.7 Å². The summed E-state index contributed by atoms with van der Waals surface area (Å²) >= 11 is 3.25. The van der Waals surface area contributed by atoms with E-state index in [1.165, 1.54) is 0 Å². The average Bonchev–Trinajstić information content (AvgIpc) is 3.52. The van der Waals surface area contributed by atoms with Gasteiger partial charge in [0.05, 0.1) is 17.4 Å². The van der Waals surface area contributed by atoms with Gasteiger partial charge in [0.25, 0.3) is 0 Å². The fraction of sp³-hybridized carbons (Fsp3) is 0.417. The number of nitrogens with zero attached hydrogens (tertiary/aromatic N) is 4. The number of benzene rings is 1. The number of piperidine rings is 1. The van der Waals surface area contributed by atoms with E-state index in [1.54, 1.807) is 23.1 Å². The molecule has 0 saturated carbocycles. The lowest BCUT2D eigenvalue weighted by atomic mass is 9.98. The maximum absolute atomic E-state index is 12.7. The van der Waals surface area contributed by atoms with Crippen LogP contribution in [-0.4, -0.2) is 57.0 Å². The van der Waals surface area contributed by atoms with Crippen LogP contribution in [0.25, 0.3) is 16.4 Å². The molecule has 1 amide bonds. The molecule has 1 aliphatic heterocycles. The van der Waals surface area contributed by atoms with Crippen LogP contribution in [0.3, 0.4) is 0 Å². The number of para-hydroxylation sites is 1. The molecule has 174 valence electrons. The molecule has 0 aliphatic carbocycles. The molecule has 0 spiro atoms. The van der Waals surface area contributed by atoms with Gasteiger partial charge in [-0.2, -0.15) is 0 Å². The third-order valence-electron chi connectivity index (χ3n) is 5.55. The Morgan fingerprint density at radius 2 is 2.03 bits per heavy atom. The molecule has 0 radical (unpaired) electrons. The highest BCUT2D eigenvalue weighted by atomic mass is 32.2. The molecule has 1 unspecified atom stereocenters. The van der Waals surface area contributed by atoms with Crippen molar-refractivity contribution in [2.75, 3.05) is 25.4 Å². The van der Waals surface area contributed by atoms with Crippen molar-refractivity contribution in [3.8, 4) is 16.4 Å². The van der Waals surface area contributed by atoms with Crippen LogP contribution >= 0.6 is 23.1 Å². The number of carbonyl (C=O) groups excluding carboxylic acids is 2. The van der Waals surface area contributed by atoms with E-state index in [0.717, 1.165) is 46.6 Å². The zero-order valence-corrected chi connectivity index (χ0v) is 20.3. The number of esters is 1. The number of ether oxygens (including phenoxy) is 1. The summed E-state index contributed by atoms with van der Waals surface area (Å²) in [6, 6.07) is 14.1. The summed E-state index contributed by atoms with van der Waals surface area (Å²) in [7, 11) is 0. The predicted octanol–water partition coefficient (Wildman–Crippen LogP) is 4.67. The Balaban J connectivity index is 1.35. The Labute approximate surface area is 202 Å². The maximum atomic E-state index is 12.7. The number of rotatable bonds is 9. The second-order valence-electron chi connectivity index (χ2n) is 7.84. The number of hydrogen-bond acceptors (Lipinski definition) is 7. The van der Waals surface area contributed by atoms with Crippen LogP contribution in [-0.2, 0) is 14.3 Å². The Kier molecular flexibility index (Phi) is 8.17. The van der Waals surface area contributed by atoms with E-state index in [4.69, 9.17) is 4.74 Å². The smallest absolute Gasteiger partial charge is 0.310 e. The highest BCUT2D eigenvalue weighted by Crippen LogP contribution is 2.30. The zero-order chi connectivity index (χ0) is 23.0. The second kappa shape index (κ2) is 11.5. The van der Waals surface area contributed by atoms with Gasteiger partial charge in [-0.3, -0.25) is 14.2 Å². The van der Waals surface area contributed by atoms with Crippen molar-refractivity contribution < 1.29 is 14.3 Å². The van der Waals surface area contributed by atoms with Gasteiger partial charge in [0.15, 0.2) is 11.0 Å². The molecule has 1 fully saturated rings. The standard InChI is InChI=1S/C24H28N4O3S2/c1-2-31-23(30)18-9-6-14-27(17-18)21(29)13-8-16-33-24-26-25-22(20-12-7-15-32-20)28(24)19-10-4-3-5-11-19/h3-5,7,10-12,15,18H,2,6,8-9,13-14,16-17H2,1H3. The molecule has 7 nitrogen and oxygen atoms in total. The predicted molar refractivity (Wildman–Crippen MR) is 131 cm³/mol. The van der Waals surface area contributed by atoms with E-state index in [9.17, 15) is 9.59 Å². The van der Waals surface area contributed by atoms with Crippen LogP contribution < -0.4 is 0 Å². The first kappa shape index (κ1) is 23.5. The highest BCUT2D eigenvalue weighted by molar-refractivity contribution is 7.99. The lowest BCUT2D eigenvalue weighted by Gasteiger charge is -2.31. The van der Waals surface area contributed by atoms with Gasteiger partial charge in [0.2, 0.25) is 5.91 Å². The number of thiophene rings is 1. The van der Waals surface area contributed by atoms with E-state index >= 15 is 0 Å². The summed E-state index contributed by atoms with van der Waals surface area (Å²) in [6.07, 6.45) is 2.83. The van der Waals surface area contributed by atoms with Crippen LogP contribution in [0.15, 0.2) is 53.0 Å². The number of amides is 1. The number of hydrogen-bond donors (Lipinski definition) is 0. The normalized spacial score (nSPS) is 16.0. The molecule has 1 aromatic carbocycles. The van der Waals surface area contributed by atoms with E-state index in [0.29, 0.717) is 26.1 Å². The Morgan fingerprint density at radius 3 is 2.79 bits per heavy atom. The number of thioether (sulfide) groups is 1. The molecule has 1 aliphatic rings. The fourth-order valence-corrected chi connectivity index (χ4v) is 5.53. The molecular formula is C24H28N4O3S2. The van der Waals surface area contributed by atoms with Gasteiger partial charge in [-0.25, -0.2) is 0 Å². The van der Waals surface area contributed by atoms with Crippen molar-refractivity contribution in [3.05, 3.63) is 47.8 Å². The largest absolute Gasteiger partial charge is 0.466 e. The van der Waals surface area contributed by atoms with Crippen LogP contribution in [0, 0.1) is 5.92 Å². The lowest BCUT2D eigenvalue weighted by molar-refractivity contribution is -0.151. The van der Waals surface area contributed by atoms with Crippen LogP contribution in [0.2, 0.25) is 0 Å². The molecule has 33 heavy (non-hydrogen) atoms. The van der Waals surface area contributed by atoms with Crippen molar-refractivity contribution in [2.45, 2.75) is 37.8 Å². The molecule has 3 heterocycles. The summed E-state index contributed by atoms with van der Waals surface area (Å²) in [6.45, 7) is 3.37. The van der Waals surface area contributed by atoms with Gasteiger partial charge in [-0.15, -0.1) is 21.5 Å². The van der Waals surface area contributed by atoms with E-state index < -0.39 is 0 Å². The van der Waals surface area contributed by atoms with Gasteiger partial charge in [0, 0.05) is 31.0 Å². The van der Waals surface area contributed by atoms with Crippen molar-refractivity contribution in [1.29, 1.82) is 0 Å². The first-order chi connectivity index (χ1) is 16.2. The third kappa shape index (κ3) is 5.83. The van der Waals surface area contributed by atoms with Crippen molar-refractivity contribution in [2.24, 2.45) is 5.92 Å². The van der Waals surface area contributed by atoms with Crippen LogP contribution in [0.1, 0.15) is 32.6 Å². The lowest BCUT2D eigenvalue weighted by Crippen LogP contribution is -2.42. The number of carbonyl (C=O) groups is 2. The summed E-state index contributed by atoms with van der Waals surface area (Å²) in [5.41, 5.74) is 1.02. The molecule has 3 aromatic rings. The first-order valence-corrected chi connectivity index (χ1v) is 13.2. The minimum atomic E-state index is -0.197. The molecule has 1 saturated heterocycles. The van der Waals surface area contributed by atoms with Gasteiger partial charge in [-0.05, 0) is 49.8 Å². The fourth-order valence-electron chi connectivity index (χ4n) is 3.94. The van der Waals surface area contributed by atoms with Gasteiger partial charge in [-0.1, -0.05) is 36.0 Å². The Hall–Kier alpha value is -2.65. The Morgan fingerprint density at radius 1 is 1.18 bits per heavy atom. The van der Waals surface area contributed by atoms with Crippen molar-refractivity contribution in [3.63, 3.8) is 0 Å². The maximum Gasteiger partial charge on any atom is 0.310 e. The SMILES string of the molecule is CCOC(=O)C1CCCN(C(=O)CCCSc2nnc(-c3cccs3)n2-c2ccccc2)C1. The summed E-state index contributed by atoms with van der Waals surface area (Å²) in [5.74, 6) is 1.31. The molecular weight excluding hydrogens is 456 g/mol. The van der Waals surface area contributed by atoms with E-state index in [-0.39, 0.29) is 17.8 Å². The topological polar surface area (TPSA) is 77.3 Å². The van der Waals surface area contributed by atoms with E-state index in [2.05, 4.69) is 14.8 Å². The van der Waals surface area contributed by atoms with Gasteiger partial charge in [0.1, 0.15) is 0 Å². The Bertz CT molecular complexity index is 1050. The molecule has 0 bridgehead atoms. The summed E-state index contributed by atoms with van der Waals surface area (Å²) in [5, 5.41) is 11.7. The highest BCUT2D eigenvalue weighted by Gasteiger charge is 2.29. The second-order valence-corrected chi connectivity index (χ2v) is 9.85. The third-order valence-corrected chi connectivity index (χ3v) is 7.43. The van der Waals surface area contributed by atoms with Crippen LogP contribution in [0.4, 0.5) is 0 Å². The van der Waals surface area contributed by atoms with Crippen LogP contribution in [0.5, 0.6) is 0 Å². The minimum Gasteiger partial charge on any atom is -0.466 e. The molecule has 9 heteroatoms. The van der Waals surface area contributed by atoms with Gasteiger partial charge < -0.3 is 9.64 Å². The van der Waals surface area contributed by atoms with Crippen molar-refractivity contribution >= 4 is 35.0 Å². The molecule has 1 atom stereocenters. The summed E-state index contributed by atoms with van der Waals surface area (Å²) < 4.78 is 7.21. The van der Waals surface area contributed by atoms with Gasteiger partial charge >= 0.3 is 5.97 Å². The quantitative estimate of drug-likeness (QED) is 0.250. The molecule has 4 rings (SSSR count). The number of likely N-dealkylation sites (tertiary alicyclic amines) is 1. The monoisotopic (exact) mass is 484 g/mol. The summed E-state index contributed by atoms with van der Waals surface area (Å²) in [4.78, 5) is 27.6.